The molecule has 0 radical (unpaired) electrons. The first kappa shape index (κ1) is 20.1. The summed E-state index contributed by atoms with van der Waals surface area (Å²) >= 11 is 1.87. The molecule has 1 aromatic carbocycles. The maximum Gasteiger partial charge on any atom is 0.162 e. The van der Waals surface area contributed by atoms with E-state index in [2.05, 4.69) is 52.0 Å². The lowest BCUT2D eigenvalue weighted by Crippen LogP contribution is -2.36. The second-order valence-corrected chi connectivity index (χ2v) is 10.2. The van der Waals surface area contributed by atoms with Gasteiger partial charge in [-0.2, -0.15) is 0 Å². The molecule has 7 heteroatoms. The Morgan fingerprint density at radius 3 is 2.78 bits per heavy atom. The third-order valence-corrected chi connectivity index (χ3v) is 7.91. The number of hydrogen-bond acceptors (Lipinski definition) is 6. The molecule has 0 spiro atoms. The molecule has 3 aromatic heterocycles. The smallest absolute Gasteiger partial charge is 0.162 e. The van der Waals surface area contributed by atoms with Crippen molar-refractivity contribution in [3.05, 3.63) is 41.4 Å². The van der Waals surface area contributed by atoms with Crippen LogP contribution < -0.4 is 4.90 Å². The van der Waals surface area contributed by atoms with Crippen molar-refractivity contribution in [2.24, 2.45) is 5.92 Å². The molecule has 0 saturated carbocycles. The molecule has 0 bridgehead atoms. The molecular weight excluding hydrogens is 418 g/mol. The Morgan fingerprint density at radius 2 is 1.94 bits per heavy atom. The highest BCUT2D eigenvalue weighted by Crippen LogP contribution is 2.36. The van der Waals surface area contributed by atoms with E-state index in [0.29, 0.717) is 0 Å². The Kier molecular flexibility index (Phi) is 5.33. The second-order valence-electron chi connectivity index (χ2n) is 9.10. The molecule has 166 valence electrons. The Bertz CT molecular complexity index is 1230. The minimum Gasteiger partial charge on any atom is -0.378 e. The van der Waals surface area contributed by atoms with Crippen molar-refractivity contribution < 1.29 is 4.74 Å². The fourth-order valence-corrected chi connectivity index (χ4v) is 6.03. The summed E-state index contributed by atoms with van der Waals surface area (Å²) in [5, 5.41) is 1.16. The Hall–Kier alpha value is -2.48. The number of thiophene rings is 1. The van der Waals surface area contributed by atoms with Crippen molar-refractivity contribution >= 4 is 38.3 Å². The van der Waals surface area contributed by atoms with E-state index in [0.717, 1.165) is 72.4 Å². The largest absolute Gasteiger partial charge is 0.378 e. The average Bonchev–Trinajstić information content (AvgIpc) is 3.47. The molecule has 0 atom stereocenters. The Balaban J connectivity index is 1.43. The number of H-pyrrole nitrogens is 1. The Morgan fingerprint density at radius 1 is 1.09 bits per heavy atom. The van der Waals surface area contributed by atoms with E-state index in [9.17, 15) is 0 Å². The number of anilines is 1. The molecule has 6 rings (SSSR count). The highest BCUT2D eigenvalue weighted by molar-refractivity contribution is 7.19. The summed E-state index contributed by atoms with van der Waals surface area (Å²) < 4.78 is 6.82. The first-order chi connectivity index (χ1) is 15.7. The maximum atomic E-state index is 5.62. The maximum absolute atomic E-state index is 5.62. The minimum absolute atomic E-state index is 0.748. The van der Waals surface area contributed by atoms with E-state index in [-0.39, 0.29) is 0 Å². The van der Waals surface area contributed by atoms with Crippen molar-refractivity contribution in [3.63, 3.8) is 0 Å². The molecule has 4 aromatic rings. The molecule has 32 heavy (non-hydrogen) atoms. The average molecular weight is 448 g/mol. The van der Waals surface area contributed by atoms with E-state index in [1.165, 1.54) is 35.5 Å². The number of ether oxygens (including phenoxy) is 1. The van der Waals surface area contributed by atoms with Gasteiger partial charge < -0.3 is 14.6 Å². The monoisotopic (exact) mass is 447 g/mol. The van der Waals surface area contributed by atoms with Crippen LogP contribution in [0.25, 0.3) is 32.5 Å². The van der Waals surface area contributed by atoms with Gasteiger partial charge in [0.1, 0.15) is 0 Å². The van der Waals surface area contributed by atoms with Gasteiger partial charge >= 0.3 is 0 Å². The standard InChI is InChI=1S/C25H29N5OS/c1-17-6-9-29(10-7-17)16-18-15-22-23(32-18)25(30-11-13-31-14-12-30)28-24(27-22)20-3-2-4-21-19(20)5-8-26-21/h2-5,8,15,17,26H,6-7,9-14,16H2,1H3. The molecule has 1 N–H and O–H groups in total. The molecule has 2 aliphatic heterocycles. The summed E-state index contributed by atoms with van der Waals surface area (Å²) in [6.45, 7) is 9.01. The highest BCUT2D eigenvalue weighted by atomic mass is 32.1. The predicted molar refractivity (Wildman–Crippen MR) is 131 cm³/mol. The normalized spacial score (nSPS) is 18.7. The third-order valence-electron chi connectivity index (χ3n) is 6.81. The van der Waals surface area contributed by atoms with Crippen molar-refractivity contribution in [2.75, 3.05) is 44.3 Å². The number of aromatic nitrogens is 3. The summed E-state index contributed by atoms with van der Waals surface area (Å²) in [6, 6.07) is 10.7. The third kappa shape index (κ3) is 3.78. The number of morpholine rings is 1. The number of likely N-dealkylation sites (tertiary alicyclic amines) is 1. The number of aromatic amines is 1. The number of piperidine rings is 1. The van der Waals surface area contributed by atoms with Gasteiger partial charge in [-0.1, -0.05) is 19.1 Å². The number of nitrogens with one attached hydrogen (secondary N) is 1. The number of benzene rings is 1. The van der Waals surface area contributed by atoms with Gasteiger partial charge in [0.2, 0.25) is 0 Å². The van der Waals surface area contributed by atoms with Gasteiger partial charge in [0.15, 0.2) is 11.6 Å². The first-order valence-electron chi connectivity index (χ1n) is 11.7. The number of hydrogen-bond donors (Lipinski definition) is 1. The molecule has 2 saturated heterocycles. The zero-order valence-electron chi connectivity index (χ0n) is 18.5. The van der Waals surface area contributed by atoms with E-state index in [1.54, 1.807) is 0 Å². The lowest BCUT2D eigenvalue weighted by molar-refractivity contribution is 0.122. The molecule has 0 amide bonds. The van der Waals surface area contributed by atoms with Crippen molar-refractivity contribution in [2.45, 2.75) is 26.3 Å². The quantitative estimate of drug-likeness (QED) is 0.482. The number of fused-ring (bicyclic) bond motifs is 2. The van der Waals surface area contributed by atoms with Crippen LogP contribution in [0.15, 0.2) is 36.5 Å². The van der Waals surface area contributed by atoms with Crippen molar-refractivity contribution in [1.29, 1.82) is 0 Å². The van der Waals surface area contributed by atoms with Crippen molar-refractivity contribution in [3.8, 4) is 11.4 Å². The van der Waals surface area contributed by atoms with Crippen LogP contribution in [0.5, 0.6) is 0 Å². The topological polar surface area (TPSA) is 57.3 Å². The van der Waals surface area contributed by atoms with E-state index in [4.69, 9.17) is 14.7 Å². The van der Waals surface area contributed by atoms with Crippen LogP contribution in [0, 0.1) is 5.92 Å². The van der Waals surface area contributed by atoms with Gasteiger partial charge in [-0.15, -0.1) is 11.3 Å². The molecule has 0 unspecified atom stereocenters. The molecule has 6 nitrogen and oxygen atoms in total. The summed E-state index contributed by atoms with van der Waals surface area (Å²) in [4.78, 5) is 19.9. The molecule has 0 aliphatic carbocycles. The first-order valence-corrected chi connectivity index (χ1v) is 12.5. The van der Waals surface area contributed by atoms with Crippen LogP contribution >= 0.6 is 11.3 Å². The number of nitrogens with zero attached hydrogens (tertiary/aromatic N) is 4. The Labute approximate surface area is 192 Å². The summed E-state index contributed by atoms with van der Waals surface area (Å²) in [5.41, 5.74) is 3.26. The van der Waals surface area contributed by atoms with Gasteiger partial charge in [0.05, 0.1) is 23.4 Å². The van der Waals surface area contributed by atoms with Gasteiger partial charge in [-0.05, 0) is 50.0 Å². The van der Waals surface area contributed by atoms with Crippen LogP contribution in [0.2, 0.25) is 0 Å². The van der Waals surface area contributed by atoms with E-state index < -0.39 is 0 Å². The van der Waals surface area contributed by atoms with Gasteiger partial charge in [0.25, 0.3) is 0 Å². The summed E-state index contributed by atoms with van der Waals surface area (Å²) in [6.07, 6.45) is 4.58. The van der Waals surface area contributed by atoms with E-state index in [1.807, 2.05) is 17.5 Å². The fraction of sp³-hybridized carbons (Fsp3) is 0.440. The summed E-state index contributed by atoms with van der Waals surface area (Å²) in [5.74, 6) is 2.72. The van der Waals surface area contributed by atoms with Gasteiger partial charge in [-0.3, -0.25) is 4.90 Å². The SMILES string of the molecule is CC1CCN(Cc2cc3nc(-c4cccc5[nH]ccc45)nc(N4CCOCC4)c3s2)CC1. The van der Waals surface area contributed by atoms with Crippen LogP contribution in [0.3, 0.4) is 0 Å². The highest BCUT2D eigenvalue weighted by Gasteiger charge is 2.22. The number of rotatable bonds is 4. The lowest BCUT2D eigenvalue weighted by atomic mass is 9.99. The second kappa shape index (κ2) is 8.46. The minimum atomic E-state index is 0.748. The molecular formula is C25H29N5OS. The van der Waals surface area contributed by atoms with Gasteiger partial charge in [0, 0.05) is 47.2 Å². The van der Waals surface area contributed by atoms with E-state index >= 15 is 0 Å². The fourth-order valence-electron chi connectivity index (χ4n) is 4.87. The lowest BCUT2D eigenvalue weighted by Gasteiger charge is -2.29. The molecule has 5 heterocycles. The van der Waals surface area contributed by atoms with Crippen LogP contribution in [-0.4, -0.2) is 59.2 Å². The predicted octanol–water partition coefficient (Wildman–Crippen LogP) is 4.91. The zero-order chi connectivity index (χ0) is 21.5. The molecule has 2 aliphatic rings. The van der Waals surface area contributed by atoms with Crippen LogP contribution in [0.1, 0.15) is 24.6 Å². The van der Waals surface area contributed by atoms with Gasteiger partial charge in [-0.25, -0.2) is 9.97 Å². The van der Waals surface area contributed by atoms with Crippen LogP contribution in [0.4, 0.5) is 5.82 Å². The molecule has 2 fully saturated rings. The summed E-state index contributed by atoms with van der Waals surface area (Å²) in [7, 11) is 0. The van der Waals surface area contributed by atoms with Crippen LogP contribution in [-0.2, 0) is 11.3 Å². The zero-order valence-corrected chi connectivity index (χ0v) is 19.3. The van der Waals surface area contributed by atoms with Crippen molar-refractivity contribution in [1.82, 2.24) is 19.9 Å².